The van der Waals surface area contributed by atoms with E-state index < -0.39 is 51.9 Å². The highest BCUT2D eigenvalue weighted by Crippen LogP contribution is 2.37. The summed E-state index contributed by atoms with van der Waals surface area (Å²) in [4.78, 5) is 28.5. The van der Waals surface area contributed by atoms with E-state index in [2.05, 4.69) is 5.32 Å². The number of alkyl halides is 3. The fourth-order valence-electron chi connectivity index (χ4n) is 4.48. The molecule has 232 valence electrons. The first kappa shape index (κ1) is 33.9. The smallest absolute Gasteiger partial charge is 0.352 e. The normalized spacial score (nSPS) is 13.2. The molecule has 2 atom stereocenters. The minimum absolute atomic E-state index is 0.0392. The zero-order valence-electron chi connectivity index (χ0n) is 24.4. The molecule has 0 aromatic heterocycles. The predicted molar refractivity (Wildman–Crippen MR) is 161 cm³/mol. The van der Waals surface area contributed by atoms with Gasteiger partial charge in [0.1, 0.15) is 12.6 Å². The number of halogens is 4. The highest BCUT2D eigenvalue weighted by Gasteiger charge is 2.37. The summed E-state index contributed by atoms with van der Waals surface area (Å²) in [7, 11) is -4.59. The molecule has 7 nitrogen and oxygen atoms in total. The molecule has 0 aliphatic heterocycles. The summed E-state index contributed by atoms with van der Waals surface area (Å²) in [6.45, 7) is 6.36. The van der Waals surface area contributed by atoms with E-state index in [0.717, 1.165) is 17.7 Å². The Morgan fingerprint density at radius 1 is 0.953 bits per heavy atom. The SMILES string of the molecule is CC[C@H](C)NC(=O)[C@H](CC)N(Cc1cccc(C)c1)C(=O)CN(c1cc(C(F)(F)F)ccc1Cl)S(=O)(=O)c1ccccc1. The predicted octanol–water partition coefficient (Wildman–Crippen LogP) is 6.58. The number of carbonyl (C=O) groups excluding carboxylic acids is 2. The quantitative estimate of drug-likeness (QED) is 0.243. The minimum Gasteiger partial charge on any atom is -0.352 e. The van der Waals surface area contributed by atoms with Crippen molar-refractivity contribution in [3.8, 4) is 0 Å². The molecule has 0 aliphatic rings. The van der Waals surface area contributed by atoms with Crippen LogP contribution in [0.4, 0.5) is 18.9 Å². The van der Waals surface area contributed by atoms with Gasteiger partial charge in [-0.2, -0.15) is 13.2 Å². The van der Waals surface area contributed by atoms with Crippen LogP contribution in [0.2, 0.25) is 5.02 Å². The molecule has 0 radical (unpaired) electrons. The maximum absolute atomic E-state index is 14.1. The van der Waals surface area contributed by atoms with Crippen molar-refractivity contribution >= 4 is 39.1 Å². The van der Waals surface area contributed by atoms with Crippen LogP contribution in [0.15, 0.2) is 77.7 Å². The number of carbonyl (C=O) groups is 2. The van der Waals surface area contributed by atoms with Crippen LogP contribution < -0.4 is 9.62 Å². The summed E-state index contributed by atoms with van der Waals surface area (Å²) in [6.07, 6.45) is -3.95. The third kappa shape index (κ3) is 8.51. The summed E-state index contributed by atoms with van der Waals surface area (Å²) in [5.41, 5.74) is -0.0476. The van der Waals surface area contributed by atoms with Gasteiger partial charge in [-0.05, 0) is 62.6 Å². The summed E-state index contributed by atoms with van der Waals surface area (Å²) in [5.74, 6) is -1.21. The van der Waals surface area contributed by atoms with Crippen molar-refractivity contribution in [1.29, 1.82) is 0 Å². The van der Waals surface area contributed by atoms with Gasteiger partial charge in [-0.3, -0.25) is 13.9 Å². The summed E-state index contributed by atoms with van der Waals surface area (Å²) < 4.78 is 69.4. The van der Waals surface area contributed by atoms with Gasteiger partial charge in [-0.1, -0.05) is 73.5 Å². The van der Waals surface area contributed by atoms with Crippen molar-refractivity contribution in [3.63, 3.8) is 0 Å². The summed E-state index contributed by atoms with van der Waals surface area (Å²) in [5, 5.41) is 2.58. The summed E-state index contributed by atoms with van der Waals surface area (Å²) >= 11 is 6.30. The lowest BCUT2D eigenvalue weighted by atomic mass is 10.1. The first-order valence-corrected chi connectivity index (χ1v) is 15.6. The average Bonchev–Trinajstić information content (AvgIpc) is 2.95. The molecule has 3 rings (SSSR count). The average molecular weight is 638 g/mol. The maximum atomic E-state index is 14.1. The number of anilines is 1. The molecule has 0 saturated heterocycles. The zero-order chi connectivity index (χ0) is 31.9. The Labute approximate surface area is 255 Å². The van der Waals surface area contributed by atoms with Crippen LogP contribution >= 0.6 is 11.6 Å². The second-order valence-corrected chi connectivity index (χ2v) is 12.5. The number of nitrogens with one attached hydrogen (secondary N) is 1. The lowest BCUT2D eigenvalue weighted by molar-refractivity contribution is -0.140. The number of hydrogen-bond donors (Lipinski definition) is 1. The monoisotopic (exact) mass is 637 g/mol. The molecular formula is C31H35ClF3N3O4S. The van der Waals surface area contributed by atoms with Gasteiger partial charge in [-0.15, -0.1) is 0 Å². The van der Waals surface area contributed by atoms with E-state index in [9.17, 15) is 31.2 Å². The van der Waals surface area contributed by atoms with E-state index in [1.54, 1.807) is 25.1 Å². The van der Waals surface area contributed by atoms with Crippen LogP contribution in [0.3, 0.4) is 0 Å². The third-order valence-corrected chi connectivity index (χ3v) is 9.07. The number of nitrogens with zero attached hydrogens (tertiary/aromatic N) is 2. The fourth-order valence-corrected chi connectivity index (χ4v) is 6.20. The van der Waals surface area contributed by atoms with Crippen LogP contribution in [0.5, 0.6) is 0 Å². The van der Waals surface area contributed by atoms with E-state index in [1.807, 2.05) is 32.9 Å². The second kappa shape index (κ2) is 14.3. The van der Waals surface area contributed by atoms with Crippen LogP contribution in [-0.2, 0) is 32.3 Å². The number of rotatable bonds is 12. The van der Waals surface area contributed by atoms with Gasteiger partial charge in [0.15, 0.2) is 0 Å². The molecule has 0 heterocycles. The van der Waals surface area contributed by atoms with E-state index in [4.69, 9.17) is 11.6 Å². The number of amides is 2. The topological polar surface area (TPSA) is 86.8 Å². The van der Waals surface area contributed by atoms with Crippen LogP contribution in [0, 0.1) is 6.92 Å². The Morgan fingerprint density at radius 2 is 1.63 bits per heavy atom. The number of sulfonamides is 1. The first-order chi connectivity index (χ1) is 20.2. The van der Waals surface area contributed by atoms with Crippen molar-refractivity contribution in [2.45, 2.75) is 70.2 Å². The Morgan fingerprint density at radius 3 is 2.21 bits per heavy atom. The van der Waals surface area contributed by atoms with Gasteiger partial charge in [0.2, 0.25) is 11.8 Å². The standard InChI is InChI=1S/C31H35ClF3N3O4S/c1-5-22(4)36-30(40)27(6-2)37(19-23-12-10-11-21(3)17-23)29(39)20-38(43(41,42)25-13-8-7-9-14-25)28-18-24(31(33,34)35)15-16-26(28)32/h7-18,22,27H,5-6,19-20H2,1-4H3,(H,36,40)/t22-,27-/m0/s1. The molecule has 0 unspecified atom stereocenters. The minimum atomic E-state index is -4.80. The Bertz CT molecular complexity index is 1530. The third-order valence-electron chi connectivity index (χ3n) is 6.97. The molecule has 0 saturated carbocycles. The number of hydrogen-bond acceptors (Lipinski definition) is 4. The Balaban J connectivity index is 2.15. The van der Waals surface area contributed by atoms with Gasteiger partial charge in [0, 0.05) is 12.6 Å². The van der Waals surface area contributed by atoms with Gasteiger partial charge in [0.25, 0.3) is 10.0 Å². The lowest BCUT2D eigenvalue weighted by Crippen LogP contribution is -2.53. The molecule has 1 N–H and O–H groups in total. The molecule has 12 heteroatoms. The Hall–Kier alpha value is -3.57. The van der Waals surface area contributed by atoms with Gasteiger partial charge in [0.05, 0.1) is 21.2 Å². The zero-order valence-corrected chi connectivity index (χ0v) is 25.9. The van der Waals surface area contributed by atoms with Crippen molar-refractivity contribution in [3.05, 3.63) is 94.5 Å². The molecule has 0 bridgehead atoms. The molecule has 0 fully saturated rings. The molecule has 2 amide bonds. The van der Waals surface area contributed by atoms with Crippen LogP contribution in [0.1, 0.15) is 50.3 Å². The van der Waals surface area contributed by atoms with Crippen molar-refractivity contribution in [2.75, 3.05) is 10.8 Å². The second-order valence-electron chi connectivity index (χ2n) is 10.2. The Kier molecular flexibility index (Phi) is 11.3. The highest BCUT2D eigenvalue weighted by molar-refractivity contribution is 7.92. The first-order valence-electron chi connectivity index (χ1n) is 13.8. The van der Waals surface area contributed by atoms with E-state index in [1.165, 1.54) is 29.2 Å². The highest BCUT2D eigenvalue weighted by atomic mass is 35.5. The van der Waals surface area contributed by atoms with Crippen molar-refractivity contribution < 1.29 is 31.2 Å². The fraction of sp³-hybridized carbons (Fsp3) is 0.355. The molecule has 3 aromatic carbocycles. The molecular weight excluding hydrogens is 603 g/mol. The largest absolute Gasteiger partial charge is 0.416 e. The van der Waals surface area contributed by atoms with Crippen molar-refractivity contribution in [2.24, 2.45) is 0 Å². The van der Waals surface area contributed by atoms with Gasteiger partial charge >= 0.3 is 6.18 Å². The molecule has 0 spiro atoms. The van der Waals surface area contributed by atoms with Crippen molar-refractivity contribution in [1.82, 2.24) is 10.2 Å². The van der Waals surface area contributed by atoms with E-state index >= 15 is 0 Å². The number of benzene rings is 3. The van der Waals surface area contributed by atoms with E-state index in [-0.39, 0.29) is 28.9 Å². The molecule has 3 aromatic rings. The molecule has 43 heavy (non-hydrogen) atoms. The van der Waals surface area contributed by atoms with Crippen LogP contribution in [-0.4, -0.2) is 43.8 Å². The van der Waals surface area contributed by atoms with Gasteiger partial charge < -0.3 is 10.2 Å². The van der Waals surface area contributed by atoms with Gasteiger partial charge in [-0.25, -0.2) is 8.42 Å². The maximum Gasteiger partial charge on any atom is 0.416 e. The van der Waals surface area contributed by atoms with E-state index in [0.29, 0.717) is 22.4 Å². The molecule has 0 aliphatic carbocycles. The number of aryl methyl sites for hydroxylation is 1. The lowest BCUT2D eigenvalue weighted by Gasteiger charge is -2.34. The summed E-state index contributed by atoms with van der Waals surface area (Å²) in [6, 6.07) is 15.4. The van der Waals surface area contributed by atoms with Crippen LogP contribution in [0.25, 0.3) is 0 Å².